The number of carbonyl (C=O) groups is 4. The summed E-state index contributed by atoms with van der Waals surface area (Å²) >= 11 is 3.40. The number of esters is 1. The number of carbonyl (C=O) groups excluding carboxylic acids is 4. The van der Waals surface area contributed by atoms with Crippen molar-refractivity contribution < 1.29 is 28.7 Å². The lowest BCUT2D eigenvalue weighted by atomic mass is 10.0. The van der Waals surface area contributed by atoms with Crippen molar-refractivity contribution in [3.63, 3.8) is 0 Å². The fraction of sp³-hybridized carbons (Fsp3) is 0.500. The van der Waals surface area contributed by atoms with Gasteiger partial charge in [0.2, 0.25) is 11.8 Å². The Kier molecular flexibility index (Phi) is 11.3. The van der Waals surface area contributed by atoms with Crippen LogP contribution in [0.3, 0.4) is 0 Å². The number of aromatic nitrogens is 1. The van der Waals surface area contributed by atoms with Crippen molar-refractivity contribution in [1.29, 1.82) is 0 Å². The molecule has 0 saturated carbocycles. The monoisotopic (exact) mass is 630 g/mol. The van der Waals surface area contributed by atoms with Crippen LogP contribution in [0.2, 0.25) is 0 Å². The first-order chi connectivity index (χ1) is 19.4. The summed E-state index contributed by atoms with van der Waals surface area (Å²) < 4.78 is 11.3. The van der Waals surface area contributed by atoms with Crippen LogP contribution in [0.15, 0.2) is 47.1 Å². The van der Waals surface area contributed by atoms with Crippen LogP contribution >= 0.6 is 15.9 Å². The SMILES string of the molecule is COC(=O)C[C@H](NC(=O)[C@@H]1CCCN1C(=O)CCCN(C(=O)OC(C)(C)C)c1cc(C)ccn1)c1ccc(Br)cc1. The van der Waals surface area contributed by atoms with E-state index in [1.165, 1.54) is 12.0 Å². The van der Waals surface area contributed by atoms with E-state index >= 15 is 0 Å². The van der Waals surface area contributed by atoms with Crippen molar-refractivity contribution in [2.45, 2.75) is 77.5 Å². The highest BCUT2D eigenvalue weighted by Gasteiger charge is 2.35. The van der Waals surface area contributed by atoms with Gasteiger partial charge in [0.1, 0.15) is 17.5 Å². The number of aryl methyl sites for hydroxylation is 1. The van der Waals surface area contributed by atoms with Gasteiger partial charge in [-0.3, -0.25) is 19.3 Å². The lowest BCUT2D eigenvalue weighted by molar-refractivity contribution is -0.142. The van der Waals surface area contributed by atoms with E-state index in [9.17, 15) is 19.2 Å². The summed E-state index contributed by atoms with van der Waals surface area (Å²) in [4.78, 5) is 59.0. The van der Waals surface area contributed by atoms with Crippen LogP contribution in [0.5, 0.6) is 0 Å². The maximum absolute atomic E-state index is 13.4. The number of benzene rings is 1. The van der Waals surface area contributed by atoms with Gasteiger partial charge in [-0.15, -0.1) is 0 Å². The van der Waals surface area contributed by atoms with Crippen molar-refractivity contribution in [2.24, 2.45) is 0 Å². The molecule has 1 aromatic heterocycles. The third kappa shape index (κ3) is 9.55. The van der Waals surface area contributed by atoms with Crippen LogP contribution in [-0.4, -0.2) is 65.6 Å². The van der Waals surface area contributed by atoms with Crippen molar-refractivity contribution in [3.05, 3.63) is 58.2 Å². The molecule has 1 fully saturated rings. The van der Waals surface area contributed by atoms with Crippen LogP contribution < -0.4 is 10.2 Å². The third-order valence-electron chi connectivity index (χ3n) is 6.63. The molecular formula is C30H39BrN4O6. The minimum Gasteiger partial charge on any atom is -0.469 e. The van der Waals surface area contributed by atoms with Gasteiger partial charge in [-0.25, -0.2) is 9.78 Å². The van der Waals surface area contributed by atoms with Gasteiger partial charge in [0.25, 0.3) is 0 Å². The van der Waals surface area contributed by atoms with E-state index in [2.05, 4.69) is 26.2 Å². The number of hydrogen-bond donors (Lipinski definition) is 1. The summed E-state index contributed by atoms with van der Waals surface area (Å²) in [5.74, 6) is -0.478. The third-order valence-corrected chi connectivity index (χ3v) is 7.16. The molecule has 1 saturated heterocycles. The molecule has 3 rings (SSSR count). The second-order valence-corrected chi connectivity index (χ2v) is 12.0. The van der Waals surface area contributed by atoms with Gasteiger partial charge in [0.15, 0.2) is 0 Å². The second-order valence-electron chi connectivity index (χ2n) is 11.1. The second kappa shape index (κ2) is 14.4. The number of rotatable bonds is 10. The minimum atomic E-state index is -0.687. The Morgan fingerprint density at radius 1 is 1.17 bits per heavy atom. The molecule has 0 spiro atoms. The van der Waals surface area contributed by atoms with Crippen LogP contribution in [0.1, 0.15) is 70.0 Å². The molecule has 0 aliphatic carbocycles. The van der Waals surface area contributed by atoms with E-state index in [-0.39, 0.29) is 31.2 Å². The van der Waals surface area contributed by atoms with Crippen molar-refractivity contribution in [2.75, 3.05) is 25.1 Å². The van der Waals surface area contributed by atoms with Gasteiger partial charge in [-0.1, -0.05) is 28.1 Å². The molecule has 1 aliphatic heterocycles. The average Bonchev–Trinajstić information content (AvgIpc) is 3.40. The fourth-order valence-electron chi connectivity index (χ4n) is 4.62. The van der Waals surface area contributed by atoms with E-state index in [0.29, 0.717) is 31.6 Å². The fourth-order valence-corrected chi connectivity index (χ4v) is 4.88. The summed E-state index contributed by atoms with van der Waals surface area (Å²) in [6, 6.07) is 9.73. The Hall–Kier alpha value is -3.47. The van der Waals surface area contributed by atoms with Gasteiger partial charge < -0.3 is 19.7 Å². The Labute approximate surface area is 249 Å². The number of nitrogens with zero attached hydrogens (tertiary/aromatic N) is 3. The molecule has 222 valence electrons. The van der Waals surface area contributed by atoms with Crippen LogP contribution in [-0.2, 0) is 23.9 Å². The number of anilines is 1. The first-order valence-corrected chi connectivity index (χ1v) is 14.5. The maximum Gasteiger partial charge on any atom is 0.416 e. The van der Waals surface area contributed by atoms with E-state index in [0.717, 1.165) is 15.6 Å². The number of amides is 3. The number of likely N-dealkylation sites (tertiary alicyclic amines) is 1. The molecule has 2 atom stereocenters. The molecule has 1 aliphatic rings. The van der Waals surface area contributed by atoms with Gasteiger partial charge >= 0.3 is 12.1 Å². The number of nitrogens with one attached hydrogen (secondary N) is 1. The normalized spacial score (nSPS) is 15.7. The topological polar surface area (TPSA) is 118 Å². The Morgan fingerprint density at radius 3 is 2.51 bits per heavy atom. The lowest BCUT2D eigenvalue weighted by Gasteiger charge is -2.28. The van der Waals surface area contributed by atoms with Gasteiger partial charge in [0.05, 0.1) is 19.6 Å². The molecule has 10 nitrogen and oxygen atoms in total. The van der Waals surface area contributed by atoms with E-state index in [1.54, 1.807) is 37.9 Å². The van der Waals surface area contributed by atoms with E-state index < -0.39 is 29.7 Å². The molecule has 0 unspecified atom stereocenters. The minimum absolute atomic E-state index is 0.0297. The predicted molar refractivity (Wildman–Crippen MR) is 158 cm³/mol. The molecular weight excluding hydrogens is 592 g/mol. The zero-order valence-corrected chi connectivity index (χ0v) is 25.9. The highest BCUT2D eigenvalue weighted by atomic mass is 79.9. The Morgan fingerprint density at radius 2 is 1.88 bits per heavy atom. The molecule has 2 aromatic rings. The smallest absolute Gasteiger partial charge is 0.416 e. The molecule has 2 heterocycles. The van der Waals surface area contributed by atoms with Crippen molar-refractivity contribution in [1.82, 2.24) is 15.2 Å². The molecule has 41 heavy (non-hydrogen) atoms. The zero-order valence-electron chi connectivity index (χ0n) is 24.3. The van der Waals surface area contributed by atoms with Crippen LogP contribution in [0.4, 0.5) is 10.6 Å². The standard InChI is InChI=1S/C30H39BrN4O6/c1-20-14-15-32-25(18-20)35(29(39)41-30(2,3)4)17-7-9-26(36)34-16-6-8-24(34)28(38)33-23(19-27(37)40-5)21-10-12-22(31)13-11-21/h10-15,18,23-24H,6-9,16-17,19H2,1-5H3,(H,33,38)/t23-,24-/m0/s1. The first kappa shape index (κ1) is 32.0. The molecule has 1 N–H and O–H groups in total. The summed E-state index contributed by atoms with van der Waals surface area (Å²) in [5.41, 5.74) is 1.02. The molecule has 11 heteroatoms. The van der Waals surface area contributed by atoms with E-state index in [4.69, 9.17) is 9.47 Å². The molecule has 1 aromatic carbocycles. The van der Waals surface area contributed by atoms with Crippen LogP contribution in [0, 0.1) is 6.92 Å². The van der Waals surface area contributed by atoms with Gasteiger partial charge in [-0.2, -0.15) is 0 Å². The maximum atomic E-state index is 13.4. The molecule has 0 radical (unpaired) electrons. The Balaban J connectivity index is 1.65. The summed E-state index contributed by atoms with van der Waals surface area (Å²) in [6.07, 6.45) is 2.79. The first-order valence-electron chi connectivity index (χ1n) is 13.7. The molecule has 0 bridgehead atoms. The number of ether oxygens (including phenoxy) is 2. The largest absolute Gasteiger partial charge is 0.469 e. The number of halogens is 1. The highest BCUT2D eigenvalue weighted by molar-refractivity contribution is 9.10. The summed E-state index contributed by atoms with van der Waals surface area (Å²) in [7, 11) is 1.30. The quantitative estimate of drug-likeness (QED) is 0.363. The average molecular weight is 632 g/mol. The zero-order chi connectivity index (χ0) is 30.2. The number of pyridine rings is 1. The lowest BCUT2D eigenvalue weighted by Crippen LogP contribution is -2.47. The van der Waals surface area contributed by atoms with Crippen molar-refractivity contribution in [3.8, 4) is 0 Å². The van der Waals surface area contributed by atoms with Crippen molar-refractivity contribution >= 4 is 45.6 Å². The van der Waals surface area contributed by atoms with Crippen LogP contribution in [0.25, 0.3) is 0 Å². The highest BCUT2D eigenvalue weighted by Crippen LogP contribution is 2.24. The number of methoxy groups -OCH3 is 1. The van der Waals surface area contributed by atoms with Gasteiger partial charge in [0, 0.05) is 30.2 Å². The number of hydrogen-bond acceptors (Lipinski definition) is 7. The summed E-state index contributed by atoms with van der Waals surface area (Å²) in [6.45, 7) is 7.98. The molecule has 3 amide bonds. The summed E-state index contributed by atoms with van der Waals surface area (Å²) in [5, 5.41) is 2.96. The van der Waals surface area contributed by atoms with E-state index in [1.807, 2.05) is 37.3 Å². The Bertz CT molecular complexity index is 1230. The predicted octanol–water partition coefficient (Wildman–Crippen LogP) is 5.09. The van der Waals surface area contributed by atoms with Gasteiger partial charge in [-0.05, 0) is 82.3 Å².